The van der Waals surface area contributed by atoms with Gasteiger partial charge >= 0.3 is 0 Å². The number of benzene rings is 1. The number of hydrogen-bond acceptors (Lipinski definition) is 2. The maximum absolute atomic E-state index is 12.0. The van der Waals surface area contributed by atoms with E-state index in [4.69, 9.17) is 0 Å². The van der Waals surface area contributed by atoms with Gasteiger partial charge in [0.1, 0.15) is 0 Å². The molecule has 1 aliphatic carbocycles. The van der Waals surface area contributed by atoms with Crippen molar-refractivity contribution in [1.29, 1.82) is 0 Å². The van der Waals surface area contributed by atoms with Crippen molar-refractivity contribution in [2.24, 2.45) is 5.41 Å². The Balaban J connectivity index is 2.09. The van der Waals surface area contributed by atoms with Crippen molar-refractivity contribution < 1.29 is 8.42 Å². The van der Waals surface area contributed by atoms with Gasteiger partial charge < -0.3 is 0 Å². The SMILES string of the molecule is CCC1(CNS(=O)(=O)c2cccc(Br)c2)CC1. The summed E-state index contributed by atoms with van der Waals surface area (Å²) in [7, 11) is -3.37. The van der Waals surface area contributed by atoms with Gasteiger partial charge in [0, 0.05) is 11.0 Å². The van der Waals surface area contributed by atoms with Gasteiger partial charge in [-0.15, -0.1) is 0 Å². The number of halogens is 1. The Labute approximate surface area is 111 Å². The minimum absolute atomic E-state index is 0.221. The molecular formula is C12H16BrNO2S. The van der Waals surface area contributed by atoms with Crippen molar-refractivity contribution in [3.8, 4) is 0 Å². The topological polar surface area (TPSA) is 46.2 Å². The molecule has 1 N–H and O–H groups in total. The average Bonchev–Trinajstić information content (AvgIpc) is 3.07. The molecule has 1 aliphatic rings. The zero-order valence-electron chi connectivity index (χ0n) is 9.74. The number of rotatable bonds is 5. The molecule has 0 bridgehead atoms. The van der Waals surface area contributed by atoms with E-state index in [2.05, 4.69) is 27.6 Å². The van der Waals surface area contributed by atoms with Gasteiger partial charge in [0.15, 0.2) is 0 Å². The monoisotopic (exact) mass is 317 g/mol. The van der Waals surface area contributed by atoms with Crippen LogP contribution in [0, 0.1) is 5.41 Å². The second kappa shape index (κ2) is 4.71. The van der Waals surface area contributed by atoms with Gasteiger partial charge in [-0.25, -0.2) is 13.1 Å². The first-order valence-corrected chi connectivity index (χ1v) is 8.00. The highest BCUT2D eigenvalue weighted by Gasteiger charge is 2.41. The Morgan fingerprint density at radius 3 is 2.65 bits per heavy atom. The molecule has 1 fully saturated rings. The zero-order chi connectivity index (χ0) is 12.5. The molecule has 0 aliphatic heterocycles. The Morgan fingerprint density at radius 1 is 1.41 bits per heavy atom. The van der Waals surface area contributed by atoms with Crippen molar-refractivity contribution in [2.75, 3.05) is 6.54 Å². The summed E-state index contributed by atoms with van der Waals surface area (Å²) in [5.74, 6) is 0. The van der Waals surface area contributed by atoms with Crippen LogP contribution >= 0.6 is 15.9 Å². The van der Waals surface area contributed by atoms with Crippen molar-refractivity contribution in [3.63, 3.8) is 0 Å². The summed E-state index contributed by atoms with van der Waals surface area (Å²) in [5, 5.41) is 0. The lowest BCUT2D eigenvalue weighted by atomic mass is 10.1. The Hall–Kier alpha value is -0.390. The van der Waals surface area contributed by atoms with Crippen molar-refractivity contribution in [1.82, 2.24) is 4.72 Å². The Bertz CT molecular complexity index is 509. The molecule has 1 aromatic carbocycles. The van der Waals surface area contributed by atoms with Crippen LogP contribution in [0.2, 0.25) is 0 Å². The van der Waals surface area contributed by atoms with Gasteiger partial charge in [0.05, 0.1) is 4.90 Å². The molecule has 94 valence electrons. The fourth-order valence-electron chi connectivity index (χ4n) is 1.80. The van der Waals surface area contributed by atoms with E-state index in [9.17, 15) is 8.42 Å². The first kappa shape index (κ1) is 13.1. The van der Waals surface area contributed by atoms with Crippen LogP contribution in [0.4, 0.5) is 0 Å². The van der Waals surface area contributed by atoms with E-state index in [1.165, 1.54) is 0 Å². The Kier molecular flexibility index (Phi) is 3.61. The third-order valence-electron chi connectivity index (χ3n) is 3.45. The summed E-state index contributed by atoms with van der Waals surface area (Å²) in [6.45, 7) is 2.67. The molecule has 0 unspecified atom stereocenters. The fourth-order valence-corrected chi connectivity index (χ4v) is 3.55. The summed E-state index contributed by atoms with van der Waals surface area (Å²) < 4.78 is 27.6. The van der Waals surface area contributed by atoms with Crippen LogP contribution in [-0.2, 0) is 10.0 Å². The van der Waals surface area contributed by atoms with E-state index < -0.39 is 10.0 Å². The second-order valence-corrected chi connectivity index (χ2v) is 7.32. The second-order valence-electron chi connectivity index (χ2n) is 4.64. The quantitative estimate of drug-likeness (QED) is 0.907. The van der Waals surface area contributed by atoms with E-state index in [-0.39, 0.29) is 5.41 Å². The average molecular weight is 318 g/mol. The van der Waals surface area contributed by atoms with E-state index in [0.717, 1.165) is 23.7 Å². The van der Waals surface area contributed by atoms with Crippen LogP contribution < -0.4 is 4.72 Å². The van der Waals surface area contributed by atoms with Crippen LogP contribution in [0.5, 0.6) is 0 Å². The standard InChI is InChI=1S/C12H16BrNO2S/c1-2-12(6-7-12)9-14-17(15,16)11-5-3-4-10(13)8-11/h3-5,8,14H,2,6-7,9H2,1H3. The molecule has 5 heteroatoms. The van der Waals surface area contributed by atoms with Crippen molar-refractivity contribution >= 4 is 26.0 Å². The molecule has 0 aromatic heterocycles. The maximum atomic E-state index is 12.0. The van der Waals surface area contributed by atoms with Crippen LogP contribution in [0.25, 0.3) is 0 Å². The third kappa shape index (κ3) is 3.09. The predicted molar refractivity (Wildman–Crippen MR) is 71.3 cm³/mol. The fraction of sp³-hybridized carbons (Fsp3) is 0.500. The lowest BCUT2D eigenvalue weighted by Crippen LogP contribution is -2.30. The molecule has 0 atom stereocenters. The molecule has 0 amide bonds. The zero-order valence-corrected chi connectivity index (χ0v) is 12.1. The third-order valence-corrected chi connectivity index (χ3v) is 5.34. The molecule has 1 saturated carbocycles. The summed E-state index contributed by atoms with van der Waals surface area (Å²) in [5.41, 5.74) is 0.221. The van der Waals surface area contributed by atoms with Gasteiger partial charge in [-0.2, -0.15) is 0 Å². The lowest BCUT2D eigenvalue weighted by Gasteiger charge is -2.13. The van der Waals surface area contributed by atoms with Gasteiger partial charge in [0.2, 0.25) is 10.0 Å². The normalized spacial score (nSPS) is 18.0. The molecular weight excluding hydrogens is 302 g/mol. The molecule has 0 spiro atoms. The first-order chi connectivity index (χ1) is 7.97. The first-order valence-electron chi connectivity index (χ1n) is 5.73. The molecule has 0 radical (unpaired) electrons. The smallest absolute Gasteiger partial charge is 0.211 e. The molecule has 0 saturated heterocycles. The van der Waals surface area contributed by atoms with Crippen LogP contribution in [0.3, 0.4) is 0 Å². The molecule has 1 aromatic rings. The summed E-state index contributed by atoms with van der Waals surface area (Å²) in [6, 6.07) is 6.77. The van der Waals surface area contributed by atoms with E-state index >= 15 is 0 Å². The van der Waals surface area contributed by atoms with Crippen LogP contribution in [0.1, 0.15) is 26.2 Å². The summed E-state index contributed by atoms with van der Waals surface area (Å²) in [4.78, 5) is 0.318. The molecule has 17 heavy (non-hydrogen) atoms. The van der Waals surface area contributed by atoms with E-state index in [1.807, 2.05) is 6.07 Å². The predicted octanol–water partition coefficient (Wildman–Crippen LogP) is 2.92. The highest BCUT2D eigenvalue weighted by Crippen LogP contribution is 2.48. The number of hydrogen-bond donors (Lipinski definition) is 1. The maximum Gasteiger partial charge on any atom is 0.240 e. The number of nitrogens with one attached hydrogen (secondary N) is 1. The minimum Gasteiger partial charge on any atom is -0.211 e. The van der Waals surface area contributed by atoms with Gasteiger partial charge in [-0.1, -0.05) is 28.9 Å². The lowest BCUT2D eigenvalue weighted by molar-refractivity contribution is 0.475. The highest BCUT2D eigenvalue weighted by molar-refractivity contribution is 9.10. The minimum atomic E-state index is -3.37. The van der Waals surface area contributed by atoms with Crippen LogP contribution in [-0.4, -0.2) is 15.0 Å². The summed E-state index contributed by atoms with van der Waals surface area (Å²) >= 11 is 3.28. The van der Waals surface area contributed by atoms with E-state index in [0.29, 0.717) is 11.4 Å². The van der Waals surface area contributed by atoms with Crippen molar-refractivity contribution in [3.05, 3.63) is 28.7 Å². The van der Waals surface area contributed by atoms with Gasteiger partial charge in [-0.05, 0) is 42.9 Å². The number of sulfonamides is 1. The van der Waals surface area contributed by atoms with Gasteiger partial charge in [0.25, 0.3) is 0 Å². The molecule has 3 nitrogen and oxygen atoms in total. The summed E-state index contributed by atoms with van der Waals surface area (Å²) in [6.07, 6.45) is 3.29. The molecule has 0 heterocycles. The van der Waals surface area contributed by atoms with Gasteiger partial charge in [-0.3, -0.25) is 0 Å². The Morgan fingerprint density at radius 2 is 2.12 bits per heavy atom. The van der Waals surface area contributed by atoms with Crippen LogP contribution in [0.15, 0.2) is 33.6 Å². The van der Waals surface area contributed by atoms with Crippen molar-refractivity contribution in [2.45, 2.75) is 31.1 Å². The largest absolute Gasteiger partial charge is 0.240 e. The highest BCUT2D eigenvalue weighted by atomic mass is 79.9. The van der Waals surface area contributed by atoms with E-state index in [1.54, 1.807) is 18.2 Å². The molecule has 2 rings (SSSR count).